The number of fused-ring (bicyclic) bond motifs is 1. The minimum Gasteiger partial charge on any atom is -0.282 e. The molecule has 0 amide bonds. The van der Waals surface area contributed by atoms with Crippen LogP contribution in [0.15, 0.2) is 47.4 Å². The Hall–Kier alpha value is -3.13. The van der Waals surface area contributed by atoms with Crippen molar-refractivity contribution >= 4 is 16.6 Å². The molecule has 1 atom stereocenters. The maximum atomic E-state index is 13.1. The zero-order valence-electron chi connectivity index (χ0n) is 15.6. The van der Waals surface area contributed by atoms with Crippen molar-refractivity contribution < 1.29 is 4.92 Å². The summed E-state index contributed by atoms with van der Waals surface area (Å²) in [6.07, 6.45) is 4.81. The summed E-state index contributed by atoms with van der Waals surface area (Å²) < 4.78 is 1.49. The summed E-state index contributed by atoms with van der Waals surface area (Å²) in [7, 11) is 0. The van der Waals surface area contributed by atoms with Crippen molar-refractivity contribution in [2.75, 3.05) is 13.1 Å². The van der Waals surface area contributed by atoms with Gasteiger partial charge in [-0.25, -0.2) is 4.68 Å². The molecule has 0 bridgehead atoms. The first kappa shape index (κ1) is 18.2. The molecule has 0 saturated carbocycles. The Balaban J connectivity index is 1.91. The maximum Gasteiger partial charge on any atom is 0.277 e. The minimum atomic E-state index is -0.439. The van der Waals surface area contributed by atoms with E-state index in [1.165, 1.54) is 23.2 Å². The second-order valence-corrected chi connectivity index (χ2v) is 7.03. The summed E-state index contributed by atoms with van der Waals surface area (Å²) in [5.41, 5.74) is 1.27. The molecular formula is C20H21N5O3. The van der Waals surface area contributed by atoms with Crippen LogP contribution in [0.3, 0.4) is 0 Å². The van der Waals surface area contributed by atoms with Crippen molar-refractivity contribution in [3.05, 3.63) is 63.1 Å². The lowest BCUT2D eigenvalue weighted by molar-refractivity contribution is -0.384. The topological polar surface area (TPSA) is 94.2 Å². The standard InChI is InChI=1S/C20H21N5O3/c1-14(23-11-3-2-4-12-23)24-20(26)17-9-6-10-21-19(17)18(22-24)15-7-5-8-16(13-15)25(27)28/h5-10,13-14H,2-4,11-12H2,1H3. The first-order valence-corrected chi connectivity index (χ1v) is 9.42. The predicted octanol–water partition coefficient (Wildman–Crippen LogP) is 3.37. The Bertz CT molecular complexity index is 1090. The Morgan fingerprint density at radius 3 is 2.68 bits per heavy atom. The Morgan fingerprint density at radius 2 is 1.93 bits per heavy atom. The lowest BCUT2D eigenvalue weighted by atomic mass is 10.1. The quantitative estimate of drug-likeness (QED) is 0.509. The molecule has 3 heterocycles. The van der Waals surface area contributed by atoms with E-state index in [0.29, 0.717) is 22.2 Å². The first-order valence-electron chi connectivity index (χ1n) is 9.42. The molecule has 144 valence electrons. The molecular weight excluding hydrogens is 358 g/mol. The molecule has 3 aromatic rings. The number of pyridine rings is 1. The smallest absolute Gasteiger partial charge is 0.277 e. The van der Waals surface area contributed by atoms with E-state index < -0.39 is 4.92 Å². The van der Waals surface area contributed by atoms with Crippen molar-refractivity contribution in [2.24, 2.45) is 0 Å². The molecule has 8 heteroatoms. The van der Waals surface area contributed by atoms with Crippen LogP contribution in [0.2, 0.25) is 0 Å². The number of likely N-dealkylation sites (tertiary alicyclic amines) is 1. The van der Waals surface area contributed by atoms with Crippen LogP contribution >= 0.6 is 0 Å². The fourth-order valence-electron chi connectivity index (χ4n) is 3.75. The number of non-ortho nitro benzene ring substituents is 1. The highest BCUT2D eigenvalue weighted by atomic mass is 16.6. The molecule has 1 aliphatic rings. The molecule has 1 aliphatic heterocycles. The van der Waals surface area contributed by atoms with Gasteiger partial charge >= 0.3 is 0 Å². The average Bonchev–Trinajstić information content (AvgIpc) is 2.74. The molecule has 0 radical (unpaired) electrons. The molecule has 0 aliphatic carbocycles. The number of hydrogen-bond acceptors (Lipinski definition) is 6. The Kier molecular flexibility index (Phi) is 4.87. The largest absolute Gasteiger partial charge is 0.282 e. The van der Waals surface area contributed by atoms with Gasteiger partial charge in [0, 0.05) is 37.0 Å². The van der Waals surface area contributed by atoms with Crippen LogP contribution < -0.4 is 5.56 Å². The van der Waals surface area contributed by atoms with Gasteiger partial charge in [-0.3, -0.25) is 24.8 Å². The van der Waals surface area contributed by atoms with Gasteiger partial charge in [-0.15, -0.1) is 0 Å². The normalized spacial score (nSPS) is 16.2. The van der Waals surface area contributed by atoms with Gasteiger partial charge in [-0.05, 0) is 31.9 Å². The van der Waals surface area contributed by atoms with Crippen LogP contribution in [0.4, 0.5) is 5.69 Å². The van der Waals surface area contributed by atoms with Crippen LogP contribution in [-0.2, 0) is 0 Å². The van der Waals surface area contributed by atoms with E-state index in [1.54, 1.807) is 30.5 Å². The van der Waals surface area contributed by atoms with Crippen LogP contribution in [-0.4, -0.2) is 37.7 Å². The van der Waals surface area contributed by atoms with E-state index in [9.17, 15) is 14.9 Å². The van der Waals surface area contributed by atoms with E-state index in [1.807, 2.05) is 6.92 Å². The summed E-state index contributed by atoms with van der Waals surface area (Å²) in [4.78, 5) is 30.4. The van der Waals surface area contributed by atoms with Crippen molar-refractivity contribution in [3.63, 3.8) is 0 Å². The fraction of sp³-hybridized carbons (Fsp3) is 0.350. The number of nitro groups is 1. The van der Waals surface area contributed by atoms with E-state index >= 15 is 0 Å². The second-order valence-electron chi connectivity index (χ2n) is 7.03. The van der Waals surface area contributed by atoms with Crippen LogP contribution in [0.1, 0.15) is 32.4 Å². The van der Waals surface area contributed by atoms with Gasteiger partial charge in [0.25, 0.3) is 11.2 Å². The van der Waals surface area contributed by atoms with Crippen LogP contribution in [0, 0.1) is 10.1 Å². The van der Waals surface area contributed by atoms with Crippen molar-refractivity contribution in [1.82, 2.24) is 19.7 Å². The molecule has 1 saturated heterocycles. The highest BCUT2D eigenvalue weighted by Gasteiger charge is 2.23. The van der Waals surface area contributed by atoms with Crippen molar-refractivity contribution in [1.29, 1.82) is 0 Å². The second kappa shape index (κ2) is 7.47. The lowest BCUT2D eigenvalue weighted by Crippen LogP contribution is -2.40. The van der Waals surface area contributed by atoms with Gasteiger partial charge in [0.15, 0.2) is 0 Å². The number of hydrogen-bond donors (Lipinski definition) is 0. The van der Waals surface area contributed by atoms with Crippen LogP contribution in [0.5, 0.6) is 0 Å². The average molecular weight is 379 g/mol. The third kappa shape index (κ3) is 3.27. The molecule has 1 aromatic carbocycles. The fourth-order valence-corrected chi connectivity index (χ4v) is 3.75. The zero-order chi connectivity index (χ0) is 19.7. The lowest BCUT2D eigenvalue weighted by Gasteiger charge is -2.32. The first-order chi connectivity index (χ1) is 13.6. The summed E-state index contributed by atoms with van der Waals surface area (Å²) >= 11 is 0. The van der Waals surface area contributed by atoms with Crippen molar-refractivity contribution in [2.45, 2.75) is 32.4 Å². The van der Waals surface area contributed by atoms with E-state index in [4.69, 9.17) is 0 Å². The van der Waals surface area contributed by atoms with Gasteiger partial charge in [0.2, 0.25) is 0 Å². The number of nitrogens with zero attached hydrogens (tertiary/aromatic N) is 5. The van der Waals surface area contributed by atoms with Gasteiger partial charge in [-0.1, -0.05) is 18.6 Å². The highest BCUT2D eigenvalue weighted by molar-refractivity contribution is 5.90. The number of piperidine rings is 1. The summed E-state index contributed by atoms with van der Waals surface area (Å²) in [5.74, 6) is 0. The molecule has 2 aromatic heterocycles. The molecule has 0 N–H and O–H groups in total. The third-order valence-corrected chi connectivity index (χ3v) is 5.28. The van der Waals surface area contributed by atoms with Gasteiger partial charge < -0.3 is 0 Å². The SMILES string of the molecule is CC(N1CCCCC1)n1nc(-c2cccc([N+](=O)[O-])c2)c2ncccc2c1=O. The number of benzene rings is 1. The number of rotatable bonds is 4. The molecule has 0 spiro atoms. The van der Waals surface area contributed by atoms with Gasteiger partial charge in [0.1, 0.15) is 17.4 Å². The van der Waals surface area contributed by atoms with Gasteiger partial charge in [0.05, 0.1) is 10.3 Å². The number of aromatic nitrogens is 3. The zero-order valence-corrected chi connectivity index (χ0v) is 15.6. The third-order valence-electron chi connectivity index (χ3n) is 5.28. The van der Waals surface area contributed by atoms with Gasteiger partial charge in [-0.2, -0.15) is 5.10 Å². The van der Waals surface area contributed by atoms with E-state index in [-0.39, 0.29) is 17.4 Å². The molecule has 4 rings (SSSR count). The molecule has 1 fully saturated rings. The highest BCUT2D eigenvalue weighted by Crippen LogP contribution is 2.27. The minimum absolute atomic E-state index is 0.0230. The Morgan fingerprint density at radius 1 is 1.14 bits per heavy atom. The van der Waals surface area contributed by atoms with Crippen LogP contribution in [0.25, 0.3) is 22.2 Å². The Labute approximate surface area is 161 Å². The van der Waals surface area contributed by atoms with E-state index in [0.717, 1.165) is 25.9 Å². The maximum absolute atomic E-state index is 13.1. The summed E-state index contributed by atoms with van der Waals surface area (Å²) in [5, 5.41) is 16.3. The predicted molar refractivity (Wildman–Crippen MR) is 106 cm³/mol. The molecule has 1 unspecified atom stereocenters. The van der Waals surface area contributed by atoms with Crippen molar-refractivity contribution in [3.8, 4) is 11.3 Å². The molecule has 8 nitrogen and oxygen atoms in total. The van der Waals surface area contributed by atoms with E-state index in [2.05, 4.69) is 15.0 Å². The summed E-state index contributed by atoms with van der Waals surface area (Å²) in [6, 6.07) is 9.73. The number of nitro benzene ring substituents is 1. The summed E-state index contributed by atoms with van der Waals surface area (Å²) in [6.45, 7) is 3.82. The molecule has 28 heavy (non-hydrogen) atoms. The monoisotopic (exact) mass is 379 g/mol.